The Balaban J connectivity index is 3.61. The zero-order valence-electron chi connectivity index (χ0n) is 5.20. The molecular weight excluding hydrogens is 143 g/mol. The molecule has 2 atom stereocenters. The lowest BCUT2D eigenvalue weighted by Gasteiger charge is -2.11. The molecule has 0 heterocycles. The Labute approximate surface area is 56.9 Å². The highest BCUT2D eigenvalue weighted by molar-refractivity contribution is 5.68. The van der Waals surface area contributed by atoms with Gasteiger partial charge in [-0.1, -0.05) is 0 Å². The molecule has 4 nitrogen and oxygen atoms in total. The number of halogens is 1. The van der Waals surface area contributed by atoms with Crippen LogP contribution in [0.15, 0.2) is 0 Å². The summed E-state index contributed by atoms with van der Waals surface area (Å²) < 4.78 is 11.5. The summed E-state index contributed by atoms with van der Waals surface area (Å²) in [6.45, 7) is -0.686. The zero-order valence-corrected chi connectivity index (χ0v) is 5.20. The van der Waals surface area contributed by atoms with Gasteiger partial charge < -0.3 is 15.3 Å². The van der Waals surface area contributed by atoms with E-state index in [0.29, 0.717) is 0 Å². The van der Waals surface area contributed by atoms with Crippen LogP contribution in [0.5, 0.6) is 0 Å². The predicted octanol–water partition coefficient (Wildman–Crippen LogP) is -1.41. The molecule has 60 valence electrons. The van der Waals surface area contributed by atoms with Gasteiger partial charge in [0, 0.05) is 0 Å². The fourth-order valence-corrected chi connectivity index (χ4v) is 0.422. The van der Waals surface area contributed by atoms with Crippen molar-refractivity contribution < 1.29 is 24.5 Å². The molecule has 0 radical (unpaired) electrons. The summed E-state index contributed by atoms with van der Waals surface area (Å²) in [7, 11) is 0. The number of aliphatic hydroxyl groups excluding tert-OH is 3. The van der Waals surface area contributed by atoms with Gasteiger partial charge in [-0.3, -0.25) is 4.79 Å². The smallest absolute Gasteiger partial charge is 0.304 e. The Morgan fingerprint density at radius 2 is 1.90 bits per heavy atom. The highest BCUT2D eigenvalue weighted by Crippen LogP contribution is 1.99. The molecule has 0 aromatic rings. The molecule has 0 rings (SSSR count). The Kier molecular flexibility index (Phi) is 4.10. The molecule has 3 N–H and O–H groups in total. The van der Waals surface area contributed by atoms with E-state index in [4.69, 9.17) is 15.3 Å². The van der Waals surface area contributed by atoms with Gasteiger partial charge in [0.05, 0.1) is 19.1 Å². The molecule has 10 heavy (non-hydrogen) atoms. The minimum atomic E-state index is -1.71. The van der Waals surface area contributed by atoms with Gasteiger partial charge in [0.15, 0.2) is 0 Å². The fraction of sp³-hybridized carbons (Fsp3) is 0.800. The van der Waals surface area contributed by atoms with Gasteiger partial charge in [-0.25, -0.2) is 0 Å². The molecule has 0 aliphatic carbocycles. The third-order valence-electron chi connectivity index (χ3n) is 1.00. The van der Waals surface area contributed by atoms with Gasteiger partial charge in [-0.05, 0) is 0 Å². The van der Waals surface area contributed by atoms with E-state index in [-0.39, 0.29) is 0 Å². The monoisotopic (exact) mass is 152 g/mol. The summed E-state index contributed by atoms with van der Waals surface area (Å²) in [4.78, 5) is 9.66. The van der Waals surface area contributed by atoms with E-state index in [1.54, 1.807) is 0 Å². The van der Waals surface area contributed by atoms with Crippen molar-refractivity contribution in [1.29, 1.82) is 0 Å². The molecule has 0 spiro atoms. The van der Waals surface area contributed by atoms with Crippen LogP contribution in [0.2, 0.25) is 0 Å². The number of hydrogen-bond acceptors (Lipinski definition) is 4. The molecule has 0 bridgehead atoms. The van der Waals surface area contributed by atoms with E-state index in [1.165, 1.54) is 0 Å². The maximum absolute atomic E-state index is 11.5. The lowest BCUT2D eigenvalue weighted by Crippen LogP contribution is -2.30. The van der Waals surface area contributed by atoms with E-state index < -0.39 is 31.3 Å². The molecule has 0 saturated carbocycles. The van der Waals surface area contributed by atoms with Crippen molar-refractivity contribution >= 4 is 6.04 Å². The van der Waals surface area contributed by atoms with Crippen molar-refractivity contribution in [2.24, 2.45) is 0 Å². The van der Waals surface area contributed by atoms with Crippen molar-refractivity contribution in [3.8, 4) is 0 Å². The molecule has 0 amide bonds. The minimum absolute atomic E-state index is 0.686. The Hall–Kier alpha value is -0.520. The highest BCUT2D eigenvalue weighted by atomic mass is 19.1. The van der Waals surface area contributed by atoms with E-state index >= 15 is 0 Å². The van der Waals surface area contributed by atoms with Crippen LogP contribution in [0.25, 0.3) is 0 Å². The van der Waals surface area contributed by atoms with Crippen molar-refractivity contribution in [3.05, 3.63) is 0 Å². The van der Waals surface area contributed by atoms with Gasteiger partial charge in [0.2, 0.25) is 0 Å². The Morgan fingerprint density at radius 1 is 1.40 bits per heavy atom. The first-order valence-electron chi connectivity index (χ1n) is 2.73. The van der Waals surface area contributed by atoms with Crippen LogP contribution < -0.4 is 0 Å². The highest BCUT2D eigenvalue weighted by Gasteiger charge is 2.18. The van der Waals surface area contributed by atoms with Gasteiger partial charge in [-0.2, -0.15) is 4.39 Å². The average Bonchev–Trinajstić information content (AvgIpc) is 1.85. The summed E-state index contributed by atoms with van der Waals surface area (Å²) in [6.07, 6.45) is -3.73. The van der Waals surface area contributed by atoms with Crippen LogP contribution in [0, 0.1) is 0 Å². The number of carbonyl (C=O) groups excluding carboxylic acids is 1. The second-order valence-corrected chi connectivity index (χ2v) is 1.88. The molecule has 0 fully saturated rings. The second kappa shape index (κ2) is 4.32. The van der Waals surface area contributed by atoms with Crippen molar-refractivity contribution in [2.75, 3.05) is 6.61 Å². The number of rotatable bonds is 4. The molecule has 0 aromatic heterocycles. The van der Waals surface area contributed by atoms with Crippen LogP contribution in [0.1, 0.15) is 6.42 Å². The quantitative estimate of drug-likeness (QED) is 0.432. The summed E-state index contributed by atoms with van der Waals surface area (Å²) in [5.74, 6) is 0. The lowest BCUT2D eigenvalue weighted by atomic mass is 10.1. The van der Waals surface area contributed by atoms with Crippen LogP contribution in [-0.4, -0.2) is 40.2 Å². The van der Waals surface area contributed by atoms with Crippen LogP contribution >= 0.6 is 0 Å². The maximum Gasteiger partial charge on any atom is 0.304 e. The SMILES string of the molecule is O=C(F)CC(O)C(O)CO. The minimum Gasteiger partial charge on any atom is -0.394 e. The number of carbonyl (C=O) groups is 1. The first kappa shape index (κ1) is 9.48. The summed E-state index contributed by atoms with van der Waals surface area (Å²) in [5, 5.41) is 25.3. The van der Waals surface area contributed by atoms with Gasteiger partial charge in [0.1, 0.15) is 6.10 Å². The average molecular weight is 152 g/mol. The van der Waals surface area contributed by atoms with Crippen molar-refractivity contribution in [2.45, 2.75) is 18.6 Å². The van der Waals surface area contributed by atoms with Gasteiger partial charge >= 0.3 is 6.04 Å². The summed E-state index contributed by atoms with van der Waals surface area (Å²) in [6, 6.07) is -1.71. The summed E-state index contributed by atoms with van der Waals surface area (Å²) >= 11 is 0. The van der Waals surface area contributed by atoms with Gasteiger partial charge in [-0.15, -0.1) is 0 Å². The summed E-state index contributed by atoms with van der Waals surface area (Å²) in [5.41, 5.74) is 0. The molecule has 2 unspecified atom stereocenters. The molecular formula is C5H9FO4. The van der Waals surface area contributed by atoms with Crippen molar-refractivity contribution in [3.63, 3.8) is 0 Å². The van der Waals surface area contributed by atoms with Crippen molar-refractivity contribution in [1.82, 2.24) is 0 Å². The standard InChI is InChI=1S/C5H9FO4/c6-5(10)1-3(8)4(9)2-7/h3-4,7-9H,1-2H2. The number of hydrogen-bond donors (Lipinski definition) is 3. The molecule has 5 heteroatoms. The Morgan fingerprint density at radius 3 is 2.20 bits per heavy atom. The second-order valence-electron chi connectivity index (χ2n) is 1.88. The first-order valence-corrected chi connectivity index (χ1v) is 2.73. The number of aliphatic hydroxyl groups is 3. The molecule has 0 saturated heterocycles. The normalized spacial score (nSPS) is 16.4. The van der Waals surface area contributed by atoms with E-state index in [0.717, 1.165) is 0 Å². The largest absolute Gasteiger partial charge is 0.394 e. The van der Waals surface area contributed by atoms with E-state index in [9.17, 15) is 9.18 Å². The molecule has 0 aromatic carbocycles. The van der Waals surface area contributed by atoms with Crippen LogP contribution in [-0.2, 0) is 4.79 Å². The maximum atomic E-state index is 11.5. The van der Waals surface area contributed by atoms with Crippen LogP contribution in [0.4, 0.5) is 4.39 Å². The fourth-order valence-electron chi connectivity index (χ4n) is 0.422. The molecule has 0 aliphatic heterocycles. The predicted molar refractivity (Wildman–Crippen MR) is 29.8 cm³/mol. The zero-order chi connectivity index (χ0) is 8.15. The van der Waals surface area contributed by atoms with E-state index in [2.05, 4.69) is 0 Å². The first-order chi connectivity index (χ1) is 4.57. The lowest BCUT2D eigenvalue weighted by molar-refractivity contribution is -0.133. The van der Waals surface area contributed by atoms with Crippen LogP contribution in [0.3, 0.4) is 0 Å². The van der Waals surface area contributed by atoms with Gasteiger partial charge in [0.25, 0.3) is 0 Å². The Bertz CT molecular complexity index is 116. The topological polar surface area (TPSA) is 77.8 Å². The third-order valence-corrected chi connectivity index (χ3v) is 1.00. The van der Waals surface area contributed by atoms with E-state index in [1.807, 2.05) is 0 Å². The molecule has 0 aliphatic rings. The third kappa shape index (κ3) is 3.49.